The van der Waals surface area contributed by atoms with Crippen molar-refractivity contribution >= 4 is 43.2 Å². The summed E-state index contributed by atoms with van der Waals surface area (Å²) in [5.74, 6) is 0. The van der Waals surface area contributed by atoms with Crippen LogP contribution in [-0.4, -0.2) is 0 Å². The Labute approximate surface area is 112 Å². The molecule has 0 amide bonds. The molecule has 18 heavy (non-hydrogen) atoms. The maximum absolute atomic E-state index is 8.50. The standard InChI is InChI=1S/C14H8BrN3/c15-14-7-9-5-6-10(17-18-16)8-13(9)11-3-1-2-4-12(11)14/h1-8H. The van der Waals surface area contributed by atoms with Gasteiger partial charge in [-0.05, 0) is 39.2 Å². The molecule has 3 aromatic carbocycles. The van der Waals surface area contributed by atoms with Crippen molar-refractivity contribution in [2.75, 3.05) is 0 Å². The number of hydrogen-bond donors (Lipinski definition) is 0. The van der Waals surface area contributed by atoms with Gasteiger partial charge in [-0.25, -0.2) is 0 Å². The fourth-order valence-corrected chi connectivity index (χ4v) is 2.75. The molecule has 0 fully saturated rings. The van der Waals surface area contributed by atoms with Crippen LogP contribution in [0.5, 0.6) is 0 Å². The van der Waals surface area contributed by atoms with Crippen LogP contribution in [0.2, 0.25) is 0 Å². The fraction of sp³-hybridized carbons (Fsp3) is 0. The van der Waals surface area contributed by atoms with Gasteiger partial charge in [-0.1, -0.05) is 57.4 Å². The largest absolute Gasteiger partial charge is 0.0616 e. The van der Waals surface area contributed by atoms with Crippen molar-refractivity contribution in [3.05, 3.63) is 63.4 Å². The molecule has 0 N–H and O–H groups in total. The molecule has 0 radical (unpaired) electrons. The maximum Gasteiger partial charge on any atom is 0.0381 e. The van der Waals surface area contributed by atoms with Gasteiger partial charge in [-0.3, -0.25) is 0 Å². The summed E-state index contributed by atoms with van der Waals surface area (Å²) < 4.78 is 1.07. The number of nitrogens with zero attached hydrogens (tertiary/aromatic N) is 3. The first kappa shape index (κ1) is 11.1. The van der Waals surface area contributed by atoms with Crippen LogP contribution in [0.25, 0.3) is 32.0 Å². The van der Waals surface area contributed by atoms with Crippen LogP contribution in [0, 0.1) is 0 Å². The molecule has 0 aliphatic carbocycles. The zero-order chi connectivity index (χ0) is 12.5. The molecule has 0 heterocycles. The van der Waals surface area contributed by atoms with Crippen molar-refractivity contribution < 1.29 is 0 Å². The highest BCUT2D eigenvalue weighted by atomic mass is 79.9. The van der Waals surface area contributed by atoms with E-state index >= 15 is 0 Å². The van der Waals surface area contributed by atoms with Crippen LogP contribution < -0.4 is 0 Å². The van der Waals surface area contributed by atoms with Crippen molar-refractivity contribution in [2.24, 2.45) is 5.11 Å². The minimum absolute atomic E-state index is 0.637. The van der Waals surface area contributed by atoms with Gasteiger partial charge in [0.15, 0.2) is 0 Å². The molecule has 0 unspecified atom stereocenters. The molecule has 0 saturated heterocycles. The Morgan fingerprint density at radius 1 is 0.944 bits per heavy atom. The maximum atomic E-state index is 8.50. The van der Waals surface area contributed by atoms with E-state index in [1.165, 1.54) is 0 Å². The summed E-state index contributed by atoms with van der Waals surface area (Å²) >= 11 is 3.59. The van der Waals surface area contributed by atoms with Crippen LogP contribution in [0.15, 0.2) is 58.1 Å². The van der Waals surface area contributed by atoms with Crippen LogP contribution >= 0.6 is 15.9 Å². The van der Waals surface area contributed by atoms with Crippen molar-refractivity contribution in [1.29, 1.82) is 0 Å². The van der Waals surface area contributed by atoms with E-state index in [1.54, 1.807) is 0 Å². The lowest BCUT2D eigenvalue weighted by Gasteiger charge is -2.06. The van der Waals surface area contributed by atoms with E-state index in [1.807, 2.05) is 30.3 Å². The van der Waals surface area contributed by atoms with E-state index in [9.17, 15) is 0 Å². The monoisotopic (exact) mass is 297 g/mol. The van der Waals surface area contributed by atoms with Gasteiger partial charge in [0.2, 0.25) is 0 Å². The van der Waals surface area contributed by atoms with Crippen LogP contribution in [0.1, 0.15) is 0 Å². The van der Waals surface area contributed by atoms with Crippen LogP contribution in [-0.2, 0) is 0 Å². The molecule has 0 spiro atoms. The summed E-state index contributed by atoms with van der Waals surface area (Å²) in [5, 5.41) is 8.18. The number of rotatable bonds is 1. The Morgan fingerprint density at radius 2 is 1.72 bits per heavy atom. The molecular formula is C14H8BrN3. The Hall–Kier alpha value is -2.03. The molecule has 86 valence electrons. The summed E-state index contributed by atoms with van der Waals surface area (Å²) in [6.07, 6.45) is 0. The van der Waals surface area contributed by atoms with E-state index in [2.05, 4.69) is 44.2 Å². The molecule has 0 saturated carbocycles. The molecular weight excluding hydrogens is 290 g/mol. The lowest BCUT2D eigenvalue weighted by Crippen LogP contribution is -1.79. The van der Waals surface area contributed by atoms with Gasteiger partial charge in [0.25, 0.3) is 0 Å². The average molecular weight is 298 g/mol. The van der Waals surface area contributed by atoms with Crippen LogP contribution in [0.3, 0.4) is 0 Å². The first-order valence-electron chi connectivity index (χ1n) is 5.46. The van der Waals surface area contributed by atoms with Crippen molar-refractivity contribution in [2.45, 2.75) is 0 Å². The summed E-state index contributed by atoms with van der Waals surface area (Å²) in [7, 11) is 0. The summed E-state index contributed by atoms with van der Waals surface area (Å²) in [4.78, 5) is 2.83. The quantitative estimate of drug-likeness (QED) is 0.239. The average Bonchev–Trinajstić information content (AvgIpc) is 2.40. The number of benzene rings is 3. The van der Waals surface area contributed by atoms with Crippen molar-refractivity contribution in [3.63, 3.8) is 0 Å². The number of azide groups is 1. The van der Waals surface area contributed by atoms with Gasteiger partial charge >= 0.3 is 0 Å². The summed E-state index contributed by atoms with van der Waals surface area (Å²) in [5.41, 5.74) is 9.14. The Morgan fingerprint density at radius 3 is 2.50 bits per heavy atom. The Bertz CT molecular complexity index is 805. The smallest absolute Gasteiger partial charge is 0.0381 e. The third-order valence-corrected chi connectivity index (χ3v) is 3.61. The zero-order valence-electron chi connectivity index (χ0n) is 9.34. The molecule has 4 heteroatoms. The predicted octanol–water partition coefficient (Wildman–Crippen LogP) is 5.70. The first-order valence-corrected chi connectivity index (χ1v) is 6.25. The van der Waals surface area contributed by atoms with E-state index in [4.69, 9.17) is 5.53 Å². The SMILES string of the molecule is [N-]=[N+]=Nc1ccc2cc(Br)c3ccccc3c2c1. The number of halogens is 1. The second-order valence-electron chi connectivity index (χ2n) is 4.00. The second kappa shape index (κ2) is 4.33. The van der Waals surface area contributed by atoms with Gasteiger partial charge in [-0.15, -0.1) is 0 Å². The molecule has 3 nitrogen and oxygen atoms in total. The highest BCUT2D eigenvalue weighted by Crippen LogP contribution is 2.33. The van der Waals surface area contributed by atoms with Gasteiger partial charge in [0.1, 0.15) is 0 Å². The van der Waals surface area contributed by atoms with Gasteiger partial charge in [0.05, 0.1) is 0 Å². The fourth-order valence-electron chi connectivity index (χ4n) is 2.16. The third kappa shape index (κ3) is 1.72. The predicted molar refractivity (Wildman–Crippen MR) is 78.0 cm³/mol. The lowest BCUT2D eigenvalue weighted by atomic mass is 10.0. The molecule has 0 atom stereocenters. The van der Waals surface area contributed by atoms with E-state index < -0.39 is 0 Å². The molecule has 0 bridgehead atoms. The molecule has 0 aliphatic heterocycles. The minimum atomic E-state index is 0.637. The molecule has 0 aromatic heterocycles. The Balaban J connectivity index is 2.49. The number of hydrogen-bond acceptors (Lipinski definition) is 1. The minimum Gasteiger partial charge on any atom is -0.0616 e. The molecule has 3 aromatic rings. The van der Waals surface area contributed by atoms with Gasteiger partial charge in [0, 0.05) is 15.1 Å². The van der Waals surface area contributed by atoms with Crippen molar-refractivity contribution in [1.82, 2.24) is 0 Å². The van der Waals surface area contributed by atoms with Gasteiger partial charge < -0.3 is 0 Å². The zero-order valence-corrected chi connectivity index (χ0v) is 10.9. The first-order chi connectivity index (χ1) is 8.79. The van der Waals surface area contributed by atoms with Crippen LogP contribution in [0.4, 0.5) is 5.69 Å². The normalized spacial score (nSPS) is 10.5. The second-order valence-corrected chi connectivity index (χ2v) is 4.85. The molecule has 0 aliphatic rings. The summed E-state index contributed by atoms with van der Waals surface area (Å²) in [6.45, 7) is 0. The molecule has 3 rings (SSSR count). The lowest BCUT2D eigenvalue weighted by molar-refractivity contribution is 1.50. The van der Waals surface area contributed by atoms with E-state index in [0.29, 0.717) is 5.69 Å². The van der Waals surface area contributed by atoms with Gasteiger partial charge in [-0.2, -0.15) is 0 Å². The topological polar surface area (TPSA) is 48.8 Å². The summed E-state index contributed by atoms with van der Waals surface area (Å²) in [6, 6.07) is 16.0. The Kier molecular flexibility index (Phi) is 2.67. The highest BCUT2D eigenvalue weighted by Gasteiger charge is 2.04. The van der Waals surface area contributed by atoms with E-state index in [0.717, 1.165) is 26.0 Å². The van der Waals surface area contributed by atoms with E-state index in [-0.39, 0.29) is 0 Å². The number of fused-ring (bicyclic) bond motifs is 3. The third-order valence-electron chi connectivity index (χ3n) is 2.95. The highest BCUT2D eigenvalue weighted by molar-refractivity contribution is 9.10. The van der Waals surface area contributed by atoms with Crippen molar-refractivity contribution in [3.8, 4) is 0 Å².